The maximum atomic E-state index is 5.34. The van der Waals surface area contributed by atoms with Gasteiger partial charge in [-0.15, -0.1) is 0 Å². The van der Waals surface area contributed by atoms with Crippen LogP contribution in [-0.2, 0) is 4.74 Å². The smallest absolute Gasteiger partial charge is 0.0619 e. The van der Waals surface area contributed by atoms with E-state index in [9.17, 15) is 0 Å². The third-order valence-electron chi connectivity index (χ3n) is 1.82. The third kappa shape index (κ3) is 2.33. The molecule has 1 heterocycles. The van der Waals surface area contributed by atoms with E-state index in [1.54, 1.807) is 0 Å². The van der Waals surface area contributed by atoms with Crippen LogP contribution < -0.4 is 5.32 Å². The summed E-state index contributed by atoms with van der Waals surface area (Å²) in [4.78, 5) is 0. The molecule has 1 rings (SSSR count). The lowest BCUT2D eigenvalue weighted by Gasteiger charge is -2.10. The van der Waals surface area contributed by atoms with Gasteiger partial charge in [0.25, 0.3) is 0 Å². The molecule has 9 heavy (non-hydrogen) atoms. The topological polar surface area (TPSA) is 21.3 Å². The minimum atomic E-state index is 0.604. The van der Waals surface area contributed by atoms with Crippen molar-refractivity contribution in [1.82, 2.24) is 5.32 Å². The summed E-state index contributed by atoms with van der Waals surface area (Å²) in [5.41, 5.74) is 0. The summed E-state index contributed by atoms with van der Waals surface area (Å²) in [6, 6.07) is 0.604. The number of hydrogen-bond donors (Lipinski definition) is 1. The van der Waals surface area contributed by atoms with Gasteiger partial charge in [-0.2, -0.15) is 0 Å². The number of rotatable bonds is 1. The summed E-state index contributed by atoms with van der Waals surface area (Å²) in [5, 5.41) is 3.22. The van der Waals surface area contributed by atoms with Crippen LogP contribution in [0.25, 0.3) is 0 Å². The molecule has 0 aromatic carbocycles. The Morgan fingerprint density at radius 1 is 1.44 bits per heavy atom. The second-order valence-electron chi connectivity index (χ2n) is 2.56. The summed E-state index contributed by atoms with van der Waals surface area (Å²) in [7, 11) is 2.00. The predicted molar refractivity (Wildman–Crippen MR) is 37.5 cm³/mol. The molecule has 1 aliphatic rings. The van der Waals surface area contributed by atoms with Crippen molar-refractivity contribution in [1.29, 1.82) is 0 Å². The quantitative estimate of drug-likeness (QED) is 0.564. The lowest BCUT2D eigenvalue weighted by molar-refractivity contribution is 0.128. The van der Waals surface area contributed by atoms with Gasteiger partial charge in [0.1, 0.15) is 0 Å². The van der Waals surface area contributed by atoms with E-state index in [-0.39, 0.29) is 0 Å². The van der Waals surface area contributed by atoms with Crippen molar-refractivity contribution in [2.75, 3.05) is 20.3 Å². The second-order valence-corrected chi connectivity index (χ2v) is 2.56. The van der Waals surface area contributed by atoms with Crippen molar-refractivity contribution < 1.29 is 4.74 Å². The van der Waals surface area contributed by atoms with Crippen molar-refractivity contribution >= 4 is 0 Å². The number of nitrogens with one attached hydrogen (secondary N) is 1. The molecule has 1 fully saturated rings. The summed E-state index contributed by atoms with van der Waals surface area (Å²) >= 11 is 0. The lowest BCUT2D eigenvalue weighted by Crippen LogP contribution is -2.28. The normalized spacial score (nSPS) is 29.7. The summed E-state index contributed by atoms with van der Waals surface area (Å²) in [6.07, 6.45) is 3.82. The van der Waals surface area contributed by atoms with Crippen LogP contribution in [0.15, 0.2) is 0 Å². The summed E-state index contributed by atoms with van der Waals surface area (Å²) in [5.74, 6) is 0. The third-order valence-corrected chi connectivity index (χ3v) is 1.82. The SMILES string of the molecule is CNC1CCCCOC1. The molecule has 0 saturated carbocycles. The lowest BCUT2D eigenvalue weighted by atomic mass is 10.1. The van der Waals surface area contributed by atoms with Crippen molar-refractivity contribution in [3.05, 3.63) is 0 Å². The molecule has 1 atom stereocenters. The largest absolute Gasteiger partial charge is 0.380 e. The van der Waals surface area contributed by atoms with Gasteiger partial charge in [-0.05, 0) is 26.3 Å². The Morgan fingerprint density at radius 2 is 2.33 bits per heavy atom. The Hall–Kier alpha value is -0.0800. The molecular weight excluding hydrogens is 114 g/mol. The first-order chi connectivity index (χ1) is 4.43. The van der Waals surface area contributed by atoms with E-state index in [4.69, 9.17) is 4.74 Å². The number of likely N-dealkylation sites (N-methyl/N-ethyl adjacent to an activating group) is 1. The molecule has 0 aliphatic carbocycles. The van der Waals surface area contributed by atoms with Gasteiger partial charge in [0.05, 0.1) is 6.61 Å². The second kappa shape index (κ2) is 3.85. The van der Waals surface area contributed by atoms with Crippen molar-refractivity contribution in [3.8, 4) is 0 Å². The Morgan fingerprint density at radius 3 is 3.11 bits per heavy atom. The van der Waals surface area contributed by atoms with Crippen LogP contribution in [0.2, 0.25) is 0 Å². The van der Waals surface area contributed by atoms with E-state index >= 15 is 0 Å². The van der Waals surface area contributed by atoms with Crippen LogP contribution >= 0.6 is 0 Å². The van der Waals surface area contributed by atoms with Crippen molar-refractivity contribution in [2.45, 2.75) is 25.3 Å². The summed E-state index contributed by atoms with van der Waals surface area (Å²) in [6.45, 7) is 1.86. The monoisotopic (exact) mass is 129 g/mol. The molecule has 0 bridgehead atoms. The average Bonchev–Trinajstić information content (AvgIpc) is 2.13. The highest BCUT2D eigenvalue weighted by atomic mass is 16.5. The molecule has 0 radical (unpaired) electrons. The molecular formula is C7H15NO. The van der Waals surface area contributed by atoms with Crippen LogP contribution in [0.4, 0.5) is 0 Å². The van der Waals surface area contributed by atoms with Gasteiger partial charge in [0.15, 0.2) is 0 Å². The van der Waals surface area contributed by atoms with Crippen LogP contribution in [-0.4, -0.2) is 26.3 Å². The van der Waals surface area contributed by atoms with Gasteiger partial charge in [0.2, 0.25) is 0 Å². The number of ether oxygens (including phenoxy) is 1. The molecule has 1 aliphatic heterocycles. The first kappa shape index (κ1) is 7.03. The Labute approximate surface area is 56.6 Å². The van der Waals surface area contributed by atoms with Crippen LogP contribution in [0.5, 0.6) is 0 Å². The molecule has 2 heteroatoms. The van der Waals surface area contributed by atoms with E-state index < -0.39 is 0 Å². The molecule has 0 amide bonds. The Balaban J connectivity index is 2.18. The van der Waals surface area contributed by atoms with Crippen molar-refractivity contribution in [3.63, 3.8) is 0 Å². The van der Waals surface area contributed by atoms with E-state index in [1.165, 1.54) is 19.3 Å². The average molecular weight is 129 g/mol. The highest BCUT2D eigenvalue weighted by molar-refractivity contribution is 4.65. The predicted octanol–water partition coefficient (Wildman–Crippen LogP) is 0.775. The molecule has 54 valence electrons. The zero-order chi connectivity index (χ0) is 6.53. The van der Waals surface area contributed by atoms with E-state index in [2.05, 4.69) is 5.32 Å². The first-order valence-electron chi connectivity index (χ1n) is 3.68. The minimum absolute atomic E-state index is 0.604. The first-order valence-corrected chi connectivity index (χ1v) is 3.68. The van der Waals surface area contributed by atoms with Gasteiger partial charge in [-0.1, -0.05) is 0 Å². The highest BCUT2D eigenvalue weighted by Crippen LogP contribution is 2.06. The summed E-state index contributed by atoms with van der Waals surface area (Å²) < 4.78 is 5.34. The van der Waals surface area contributed by atoms with Crippen molar-refractivity contribution in [2.24, 2.45) is 0 Å². The van der Waals surface area contributed by atoms with Crippen LogP contribution in [0.1, 0.15) is 19.3 Å². The van der Waals surface area contributed by atoms with Gasteiger partial charge < -0.3 is 10.1 Å². The highest BCUT2D eigenvalue weighted by Gasteiger charge is 2.08. The van der Waals surface area contributed by atoms with Gasteiger partial charge in [0, 0.05) is 12.6 Å². The number of hydrogen-bond acceptors (Lipinski definition) is 2. The fraction of sp³-hybridized carbons (Fsp3) is 1.00. The van der Waals surface area contributed by atoms with Gasteiger partial charge >= 0.3 is 0 Å². The minimum Gasteiger partial charge on any atom is -0.380 e. The fourth-order valence-electron chi connectivity index (χ4n) is 1.13. The van der Waals surface area contributed by atoms with Gasteiger partial charge in [-0.3, -0.25) is 0 Å². The van der Waals surface area contributed by atoms with E-state index in [0.717, 1.165) is 13.2 Å². The Bertz CT molecular complexity index is 67.3. The fourth-order valence-corrected chi connectivity index (χ4v) is 1.13. The molecule has 1 saturated heterocycles. The molecule has 2 nitrogen and oxygen atoms in total. The van der Waals surface area contributed by atoms with Gasteiger partial charge in [-0.25, -0.2) is 0 Å². The molecule has 0 aromatic rings. The molecule has 1 N–H and O–H groups in total. The molecule has 0 aromatic heterocycles. The van der Waals surface area contributed by atoms with E-state index in [1.807, 2.05) is 7.05 Å². The molecule has 1 unspecified atom stereocenters. The van der Waals surface area contributed by atoms with E-state index in [0.29, 0.717) is 6.04 Å². The van der Waals surface area contributed by atoms with Crippen LogP contribution in [0, 0.1) is 0 Å². The standard InChI is InChI=1S/C7H15NO/c1-8-7-4-2-3-5-9-6-7/h7-8H,2-6H2,1H3. The molecule has 0 spiro atoms. The zero-order valence-electron chi connectivity index (χ0n) is 6.02. The van der Waals surface area contributed by atoms with Crippen LogP contribution in [0.3, 0.4) is 0 Å². The maximum absolute atomic E-state index is 5.34. The maximum Gasteiger partial charge on any atom is 0.0619 e. The zero-order valence-corrected chi connectivity index (χ0v) is 6.02. The Kier molecular flexibility index (Phi) is 3.01.